The predicted molar refractivity (Wildman–Crippen MR) is 73.4 cm³/mol. The van der Waals surface area contributed by atoms with Gasteiger partial charge in [0.2, 0.25) is 0 Å². The molecule has 0 aliphatic heterocycles. The Morgan fingerprint density at radius 1 is 1.05 bits per heavy atom. The van der Waals surface area contributed by atoms with E-state index in [0.29, 0.717) is 17.1 Å². The normalized spacial score (nSPS) is 10.6. The van der Waals surface area contributed by atoms with E-state index in [4.69, 9.17) is 24.4 Å². The van der Waals surface area contributed by atoms with Crippen molar-refractivity contribution >= 4 is 6.21 Å². The van der Waals surface area contributed by atoms with Crippen LogP contribution in [-0.2, 0) is 9.47 Å². The van der Waals surface area contributed by atoms with Crippen molar-refractivity contribution in [2.75, 3.05) is 27.8 Å². The highest BCUT2D eigenvalue weighted by Crippen LogP contribution is 2.33. The fourth-order valence-electron chi connectivity index (χ4n) is 1.65. The molecule has 0 aromatic heterocycles. The molecule has 0 heterocycles. The Hall–Kier alpha value is -1.59. The molecule has 0 aliphatic rings. The van der Waals surface area contributed by atoms with Crippen molar-refractivity contribution in [3.63, 3.8) is 0 Å². The summed E-state index contributed by atoms with van der Waals surface area (Å²) in [6.07, 6.45) is 1.26. The van der Waals surface area contributed by atoms with Crippen LogP contribution in [0.5, 0.6) is 11.5 Å². The highest BCUT2D eigenvalue weighted by atomic mass is 16.7. The second-order valence-corrected chi connectivity index (χ2v) is 4.33. The van der Waals surface area contributed by atoms with Crippen molar-refractivity contribution in [1.82, 2.24) is 0 Å². The maximum Gasteiger partial charge on any atom is 0.188 e. The molecule has 0 unspecified atom stereocenters. The lowest BCUT2D eigenvalue weighted by molar-refractivity contribution is 0.0454. The van der Waals surface area contributed by atoms with E-state index in [0.717, 1.165) is 5.56 Å². The maximum absolute atomic E-state index is 7.45. The van der Waals surface area contributed by atoms with Gasteiger partial charge in [-0.3, -0.25) is 0 Å². The number of hydrogen-bond donors (Lipinski definition) is 1. The number of nitrogens with one attached hydrogen (secondary N) is 1. The molecule has 0 fully saturated rings. The minimum Gasteiger partial charge on any atom is -0.467 e. The first kappa shape index (κ1) is 15.5. The topological polar surface area (TPSA) is 60.8 Å². The van der Waals surface area contributed by atoms with Gasteiger partial charge in [0.25, 0.3) is 0 Å². The fraction of sp³-hybridized carbons (Fsp3) is 0.500. The van der Waals surface area contributed by atoms with Crippen molar-refractivity contribution in [2.45, 2.75) is 19.8 Å². The van der Waals surface area contributed by atoms with Crippen LogP contribution in [0.15, 0.2) is 12.1 Å². The van der Waals surface area contributed by atoms with Gasteiger partial charge in [-0.15, -0.1) is 0 Å². The van der Waals surface area contributed by atoms with E-state index in [1.165, 1.54) is 6.21 Å². The molecule has 1 aromatic carbocycles. The Bertz CT molecular complexity index is 418. The van der Waals surface area contributed by atoms with Gasteiger partial charge in [0.1, 0.15) is 11.5 Å². The summed E-state index contributed by atoms with van der Waals surface area (Å²) in [4.78, 5) is 0. The molecule has 0 amide bonds. The van der Waals surface area contributed by atoms with E-state index in [-0.39, 0.29) is 19.5 Å². The first-order valence-electron chi connectivity index (χ1n) is 6.05. The average molecular weight is 267 g/mol. The number of benzene rings is 1. The van der Waals surface area contributed by atoms with Crippen LogP contribution in [0.25, 0.3) is 0 Å². The van der Waals surface area contributed by atoms with Crippen LogP contribution >= 0.6 is 0 Å². The Morgan fingerprint density at radius 3 is 2.11 bits per heavy atom. The first-order valence-corrected chi connectivity index (χ1v) is 6.05. The molecule has 0 saturated heterocycles. The van der Waals surface area contributed by atoms with E-state index in [1.54, 1.807) is 20.3 Å². The third-order valence-corrected chi connectivity index (χ3v) is 2.58. The van der Waals surface area contributed by atoms with Gasteiger partial charge in [-0.05, 0) is 17.5 Å². The largest absolute Gasteiger partial charge is 0.467 e. The second kappa shape index (κ2) is 7.76. The third-order valence-electron chi connectivity index (χ3n) is 2.58. The Labute approximate surface area is 113 Å². The monoisotopic (exact) mass is 267 g/mol. The highest BCUT2D eigenvalue weighted by Gasteiger charge is 2.13. The van der Waals surface area contributed by atoms with Crippen molar-refractivity contribution < 1.29 is 18.9 Å². The van der Waals surface area contributed by atoms with Crippen molar-refractivity contribution in [1.29, 1.82) is 5.41 Å². The summed E-state index contributed by atoms with van der Waals surface area (Å²) in [7, 11) is 3.12. The molecule has 5 nitrogen and oxygen atoms in total. The fourth-order valence-corrected chi connectivity index (χ4v) is 1.65. The molecule has 106 valence electrons. The standard InChI is InChI=1S/C14H21NO4/c1-10(2)12-5-11(7-15)13(18-8-16-3)6-14(12)19-9-17-4/h5-7,10,15H,8-9H2,1-4H3. The molecule has 0 spiro atoms. The lowest BCUT2D eigenvalue weighted by Gasteiger charge is -2.17. The molecule has 0 saturated carbocycles. The molecular weight excluding hydrogens is 246 g/mol. The van der Waals surface area contributed by atoms with Gasteiger partial charge in [0, 0.05) is 32.1 Å². The van der Waals surface area contributed by atoms with Gasteiger partial charge >= 0.3 is 0 Å². The van der Waals surface area contributed by atoms with Gasteiger partial charge in [0.05, 0.1) is 0 Å². The Morgan fingerprint density at radius 2 is 1.63 bits per heavy atom. The van der Waals surface area contributed by atoms with Gasteiger partial charge < -0.3 is 24.4 Å². The number of methoxy groups -OCH3 is 2. The van der Waals surface area contributed by atoms with E-state index in [1.807, 2.05) is 6.07 Å². The SMILES string of the molecule is COCOc1cc(OCOC)c(C(C)C)cc1C=N. The molecule has 1 rings (SSSR count). The van der Waals surface area contributed by atoms with Gasteiger partial charge in [-0.2, -0.15) is 0 Å². The van der Waals surface area contributed by atoms with Gasteiger partial charge in [-0.1, -0.05) is 13.8 Å². The molecule has 0 bridgehead atoms. The first-order chi connectivity index (χ1) is 9.13. The zero-order valence-electron chi connectivity index (χ0n) is 11.9. The lowest BCUT2D eigenvalue weighted by Crippen LogP contribution is -2.06. The smallest absolute Gasteiger partial charge is 0.188 e. The van der Waals surface area contributed by atoms with E-state index in [2.05, 4.69) is 13.8 Å². The summed E-state index contributed by atoms with van der Waals surface area (Å²) in [5.41, 5.74) is 1.71. The van der Waals surface area contributed by atoms with E-state index in [9.17, 15) is 0 Å². The van der Waals surface area contributed by atoms with Crippen molar-refractivity contribution in [3.8, 4) is 11.5 Å². The summed E-state index contributed by atoms with van der Waals surface area (Å²) in [6.45, 7) is 4.44. The summed E-state index contributed by atoms with van der Waals surface area (Å²) >= 11 is 0. The molecule has 0 radical (unpaired) electrons. The zero-order valence-corrected chi connectivity index (χ0v) is 11.9. The van der Waals surface area contributed by atoms with Crippen LogP contribution in [0.1, 0.15) is 30.9 Å². The minimum atomic E-state index is 0.131. The van der Waals surface area contributed by atoms with Crippen LogP contribution in [0.4, 0.5) is 0 Å². The molecule has 19 heavy (non-hydrogen) atoms. The maximum atomic E-state index is 7.45. The minimum absolute atomic E-state index is 0.131. The lowest BCUT2D eigenvalue weighted by atomic mass is 9.99. The Balaban J connectivity index is 3.13. The summed E-state index contributed by atoms with van der Waals surface area (Å²) < 4.78 is 20.8. The van der Waals surface area contributed by atoms with Crippen LogP contribution in [0, 0.1) is 5.41 Å². The van der Waals surface area contributed by atoms with Crippen LogP contribution in [-0.4, -0.2) is 34.0 Å². The summed E-state index contributed by atoms with van der Waals surface area (Å²) in [5, 5.41) is 7.45. The average Bonchev–Trinajstić information content (AvgIpc) is 2.42. The van der Waals surface area contributed by atoms with Crippen LogP contribution in [0.3, 0.4) is 0 Å². The van der Waals surface area contributed by atoms with Gasteiger partial charge in [0.15, 0.2) is 13.6 Å². The number of hydrogen-bond acceptors (Lipinski definition) is 5. The van der Waals surface area contributed by atoms with Crippen molar-refractivity contribution in [2.24, 2.45) is 0 Å². The number of ether oxygens (including phenoxy) is 4. The molecule has 0 atom stereocenters. The molecule has 5 heteroatoms. The summed E-state index contributed by atoms with van der Waals surface area (Å²) in [6, 6.07) is 3.67. The molecule has 1 N–H and O–H groups in total. The highest BCUT2D eigenvalue weighted by molar-refractivity contribution is 5.82. The second-order valence-electron chi connectivity index (χ2n) is 4.33. The quantitative estimate of drug-likeness (QED) is 0.581. The van der Waals surface area contributed by atoms with Crippen LogP contribution in [0.2, 0.25) is 0 Å². The Kier molecular flexibility index (Phi) is 6.32. The van der Waals surface area contributed by atoms with Crippen molar-refractivity contribution in [3.05, 3.63) is 23.3 Å². The third kappa shape index (κ3) is 4.22. The molecule has 0 aliphatic carbocycles. The molecule has 1 aromatic rings. The van der Waals surface area contributed by atoms with Crippen LogP contribution < -0.4 is 9.47 Å². The number of rotatable bonds is 8. The van der Waals surface area contributed by atoms with E-state index < -0.39 is 0 Å². The predicted octanol–water partition coefficient (Wildman–Crippen LogP) is 2.77. The van der Waals surface area contributed by atoms with E-state index >= 15 is 0 Å². The van der Waals surface area contributed by atoms with Gasteiger partial charge in [-0.25, -0.2) is 0 Å². The summed E-state index contributed by atoms with van der Waals surface area (Å²) in [5.74, 6) is 1.54. The zero-order chi connectivity index (χ0) is 14.3. The molecular formula is C14H21NO4.